The Labute approximate surface area is 228 Å². The van der Waals surface area contributed by atoms with Crippen LogP contribution in [0, 0.1) is 0 Å². The average Bonchev–Trinajstić information content (AvgIpc) is 3.49. The fourth-order valence-corrected chi connectivity index (χ4v) is 5.51. The number of para-hydroxylation sites is 2. The van der Waals surface area contributed by atoms with Gasteiger partial charge in [0.1, 0.15) is 0 Å². The van der Waals surface area contributed by atoms with Crippen LogP contribution in [0.4, 0.5) is 0 Å². The maximum absolute atomic E-state index is 12.6. The van der Waals surface area contributed by atoms with Gasteiger partial charge in [0, 0.05) is 63.4 Å². The van der Waals surface area contributed by atoms with E-state index >= 15 is 0 Å². The molecule has 8 rings (SSSR count). The van der Waals surface area contributed by atoms with Crippen molar-refractivity contribution < 1.29 is 19.1 Å². The summed E-state index contributed by atoms with van der Waals surface area (Å²) in [5, 5.41) is 1.91. The minimum absolute atomic E-state index is 0.0486. The fraction of sp³-hybridized carbons (Fsp3) is 0.0625. The molecule has 0 radical (unpaired) electrons. The maximum atomic E-state index is 12.6. The number of ketones is 2. The maximum Gasteiger partial charge on any atom is 0.225 e. The molecule has 192 valence electrons. The molecule has 0 fully saturated rings. The highest BCUT2D eigenvalue weighted by Gasteiger charge is 2.34. The highest BCUT2D eigenvalue weighted by atomic mass is 16.5. The van der Waals surface area contributed by atoms with Gasteiger partial charge in [0.25, 0.3) is 0 Å². The Hall–Kier alpha value is -5.50. The summed E-state index contributed by atoms with van der Waals surface area (Å²) in [6, 6.07) is 19.1. The molecule has 4 aromatic heterocycles. The minimum atomic E-state index is -0.0711. The van der Waals surface area contributed by atoms with Crippen molar-refractivity contribution >= 4 is 33.4 Å². The van der Waals surface area contributed by atoms with Gasteiger partial charge in [0.2, 0.25) is 17.5 Å². The van der Waals surface area contributed by atoms with E-state index in [0.717, 1.165) is 44.1 Å². The first-order chi connectivity index (χ1) is 19.6. The van der Waals surface area contributed by atoms with Gasteiger partial charge in [-0.1, -0.05) is 36.4 Å². The van der Waals surface area contributed by atoms with Crippen LogP contribution in [-0.4, -0.2) is 45.7 Å². The molecular weight excluding hydrogens is 504 g/mol. The number of nitrogens with zero attached hydrogens (tertiary/aromatic N) is 4. The number of aromatic nitrogens is 4. The Morgan fingerprint density at radius 1 is 0.525 bits per heavy atom. The number of carbonyl (C=O) groups is 2. The average molecular weight is 525 g/mol. The molecule has 0 amide bonds. The Morgan fingerprint density at radius 2 is 1.00 bits per heavy atom. The number of rotatable bonds is 2. The first kappa shape index (κ1) is 23.6. The van der Waals surface area contributed by atoms with Gasteiger partial charge in [-0.15, -0.1) is 0 Å². The van der Waals surface area contributed by atoms with Crippen LogP contribution in [0.3, 0.4) is 0 Å². The lowest BCUT2D eigenvalue weighted by molar-refractivity contribution is 0.103. The summed E-state index contributed by atoms with van der Waals surface area (Å²) < 4.78 is 10.6. The molecule has 0 unspecified atom stereocenters. The third-order valence-electron chi connectivity index (χ3n) is 7.23. The summed E-state index contributed by atoms with van der Waals surface area (Å²) in [5.74, 6) is 0.630. The molecule has 8 heteroatoms. The molecule has 6 aromatic rings. The van der Waals surface area contributed by atoms with Gasteiger partial charge in [-0.25, -0.2) is 9.97 Å². The molecule has 0 bridgehead atoms. The van der Waals surface area contributed by atoms with Crippen LogP contribution in [-0.2, 0) is 0 Å². The van der Waals surface area contributed by atoms with E-state index in [-0.39, 0.29) is 11.6 Å². The van der Waals surface area contributed by atoms with E-state index < -0.39 is 0 Å². The van der Waals surface area contributed by atoms with Crippen molar-refractivity contribution in [3.05, 3.63) is 108 Å². The third kappa shape index (κ3) is 3.32. The lowest BCUT2D eigenvalue weighted by Gasteiger charge is -2.09. The van der Waals surface area contributed by atoms with Crippen LogP contribution in [0.1, 0.15) is 31.8 Å². The molecule has 0 saturated carbocycles. The lowest BCUT2D eigenvalue weighted by Crippen LogP contribution is -2.01. The van der Waals surface area contributed by atoms with Gasteiger partial charge in [0.15, 0.2) is 5.78 Å². The topological polar surface area (TPSA) is 104 Å². The second-order valence-electron chi connectivity index (χ2n) is 9.28. The number of benzene rings is 2. The third-order valence-corrected chi connectivity index (χ3v) is 7.23. The van der Waals surface area contributed by atoms with Crippen molar-refractivity contribution in [1.82, 2.24) is 19.9 Å². The fourth-order valence-electron chi connectivity index (χ4n) is 5.51. The number of hydrogen-bond donors (Lipinski definition) is 0. The van der Waals surface area contributed by atoms with Crippen molar-refractivity contribution in [3.8, 4) is 34.0 Å². The monoisotopic (exact) mass is 524 g/mol. The first-order valence-corrected chi connectivity index (χ1v) is 12.5. The molecule has 0 aliphatic heterocycles. The van der Waals surface area contributed by atoms with E-state index in [2.05, 4.69) is 19.9 Å². The van der Waals surface area contributed by atoms with Gasteiger partial charge in [0.05, 0.1) is 36.4 Å². The summed E-state index contributed by atoms with van der Waals surface area (Å²) in [6.45, 7) is 0. The predicted molar refractivity (Wildman–Crippen MR) is 150 cm³/mol. The molecule has 0 spiro atoms. The second kappa shape index (κ2) is 9.06. The Bertz CT molecular complexity index is 1890. The van der Waals surface area contributed by atoms with Crippen LogP contribution < -0.4 is 9.47 Å². The Kier molecular flexibility index (Phi) is 5.35. The summed E-state index contributed by atoms with van der Waals surface area (Å²) in [4.78, 5) is 42.2. The number of fused-ring (bicyclic) bond motifs is 10. The van der Waals surface area contributed by atoms with E-state index in [1.165, 1.54) is 14.2 Å². The minimum Gasteiger partial charge on any atom is -0.480 e. The molecule has 2 aliphatic rings. The number of pyridine rings is 4. The van der Waals surface area contributed by atoms with E-state index in [4.69, 9.17) is 9.47 Å². The molecule has 0 N–H and O–H groups in total. The molecule has 2 aliphatic carbocycles. The van der Waals surface area contributed by atoms with E-state index in [1.807, 2.05) is 54.6 Å². The van der Waals surface area contributed by atoms with Crippen molar-refractivity contribution in [3.63, 3.8) is 0 Å². The molecule has 40 heavy (non-hydrogen) atoms. The van der Waals surface area contributed by atoms with Crippen molar-refractivity contribution in [1.29, 1.82) is 0 Å². The highest BCUT2D eigenvalue weighted by Crippen LogP contribution is 2.45. The van der Waals surface area contributed by atoms with Crippen molar-refractivity contribution in [2.24, 2.45) is 0 Å². The zero-order valence-electron chi connectivity index (χ0n) is 21.5. The quantitative estimate of drug-likeness (QED) is 0.284. The molecule has 4 heterocycles. The Balaban J connectivity index is 0.000000132. The van der Waals surface area contributed by atoms with Gasteiger partial charge >= 0.3 is 0 Å². The summed E-state index contributed by atoms with van der Waals surface area (Å²) in [7, 11) is 3.07. The highest BCUT2D eigenvalue weighted by molar-refractivity contribution is 6.27. The van der Waals surface area contributed by atoms with E-state index in [9.17, 15) is 9.59 Å². The van der Waals surface area contributed by atoms with Crippen molar-refractivity contribution in [2.45, 2.75) is 0 Å². The Morgan fingerprint density at radius 3 is 1.57 bits per heavy atom. The van der Waals surface area contributed by atoms with Gasteiger partial charge in [-0.3, -0.25) is 19.6 Å². The van der Waals surface area contributed by atoms with Gasteiger partial charge < -0.3 is 9.47 Å². The SMILES string of the molecule is COc1nc2ccccc2c2c1C(=O)c1ccncc1-2.COc1nc2ccccc2c2c1C(=O)c1cnccc1-2. The normalized spacial score (nSPS) is 12.3. The van der Waals surface area contributed by atoms with Crippen LogP contribution in [0.2, 0.25) is 0 Å². The molecule has 2 aromatic carbocycles. The number of hydrogen-bond acceptors (Lipinski definition) is 8. The zero-order chi connectivity index (χ0) is 27.4. The largest absolute Gasteiger partial charge is 0.480 e. The van der Waals surface area contributed by atoms with Crippen LogP contribution >= 0.6 is 0 Å². The van der Waals surface area contributed by atoms with Crippen LogP contribution in [0.25, 0.3) is 44.1 Å². The lowest BCUT2D eigenvalue weighted by atomic mass is 10.0. The first-order valence-electron chi connectivity index (χ1n) is 12.5. The zero-order valence-corrected chi connectivity index (χ0v) is 21.5. The predicted octanol–water partition coefficient (Wildman–Crippen LogP) is 5.70. The summed E-state index contributed by atoms with van der Waals surface area (Å²) in [6.07, 6.45) is 6.66. The molecular formula is C32H20N4O4. The van der Waals surface area contributed by atoms with E-state index in [0.29, 0.717) is 34.0 Å². The number of methoxy groups -OCH3 is 2. The molecule has 0 atom stereocenters. The smallest absolute Gasteiger partial charge is 0.225 e. The van der Waals surface area contributed by atoms with E-state index in [1.54, 1.807) is 30.9 Å². The molecule has 8 nitrogen and oxygen atoms in total. The van der Waals surface area contributed by atoms with Crippen molar-refractivity contribution in [2.75, 3.05) is 14.2 Å². The van der Waals surface area contributed by atoms with Crippen LogP contribution in [0.15, 0.2) is 85.5 Å². The molecule has 0 saturated heterocycles. The van der Waals surface area contributed by atoms with Gasteiger partial charge in [-0.05, 0) is 29.8 Å². The number of ether oxygens (including phenoxy) is 2. The summed E-state index contributed by atoms with van der Waals surface area (Å²) in [5.41, 5.74) is 7.50. The number of carbonyl (C=O) groups excluding carboxylic acids is 2. The summed E-state index contributed by atoms with van der Waals surface area (Å²) >= 11 is 0. The second-order valence-corrected chi connectivity index (χ2v) is 9.28. The standard InChI is InChI=1S/2C16H10N2O2/c1-20-16-14-13(10-4-2-3-5-12(10)18-16)11-8-17-7-6-9(11)15(14)19;1-20-16-14-13(10-4-2-3-5-12(10)18-16)9-6-7-17-8-11(9)15(14)19/h2*2-8H,1H3. The van der Waals surface area contributed by atoms with Gasteiger partial charge in [-0.2, -0.15) is 0 Å². The van der Waals surface area contributed by atoms with Crippen LogP contribution in [0.5, 0.6) is 11.8 Å².